The average Bonchev–Trinajstić information content (AvgIpc) is 4.27. The van der Waals surface area contributed by atoms with Crippen molar-refractivity contribution in [1.29, 1.82) is 0 Å². The van der Waals surface area contributed by atoms with E-state index < -0.39 is 0 Å². The molecule has 19 nitrogen and oxygen atoms in total. The molecule has 0 fully saturated rings. The normalized spacial score (nSPS) is 8.00. The molecule has 0 atom stereocenters. The highest BCUT2D eigenvalue weighted by molar-refractivity contribution is 7.07. The van der Waals surface area contributed by atoms with Gasteiger partial charge in [-0.3, -0.25) is 25.1 Å². The fraction of sp³-hybridized carbons (Fsp3) is 0. The van der Waals surface area contributed by atoms with Gasteiger partial charge in [0.2, 0.25) is 0 Å². The lowest BCUT2D eigenvalue weighted by atomic mass is 10.4. The quantitative estimate of drug-likeness (QED) is 0.0953. The summed E-state index contributed by atoms with van der Waals surface area (Å²) in [7, 11) is 0. The summed E-state index contributed by atoms with van der Waals surface area (Å²) >= 11 is 1.71. The van der Waals surface area contributed by atoms with Gasteiger partial charge in [0.25, 0.3) is 0 Å². The van der Waals surface area contributed by atoms with Crippen molar-refractivity contribution in [2.45, 2.75) is 0 Å². The number of furan rings is 1. The van der Waals surface area contributed by atoms with E-state index in [1.165, 1.54) is 31.6 Å². The standard InChI is InChI=1S/C6H6.C5H5N.2C4H4N2.C4H5N.C4H4O.C4H4S.2C3H4N2.C3H3NO.2C2H3N3/c2*1-2-4-6-5-3-1;1-2-6-4-3-5-1;1-2-5-4-6-3-1;3*1-2-4-5-3-1;1-2-5-3-4-1;1-2-4-5-3-1;1-2-5-3-4-1;1-3-2-5-4-1;1-2-4-5-3-1/h1-6H;1-5H;2*1-4H;1-5H;2*1-4H;2*1-3H,(H,4,5);1-3H;2*1-2H,(H,3,4,5). The maximum atomic E-state index is 4.58. The zero-order chi connectivity index (χ0) is 45.3. The van der Waals surface area contributed by atoms with Crippen LogP contribution >= 0.6 is 11.3 Å². The number of rotatable bonds is 0. The van der Waals surface area contributed by atoms with Crippen LogP contribution in [0, 0.1) is 0 Å². The zero-order valence-electron chi connectivity index (χ0n) is 34.5. The van der Waals surface area contributed by atoms with Gasteiger partial charge in [0.15, 0.2) is 6.39 Å². The number of hydrogen-bond acceptors (Lipinski definition) is 15. The third-order valence-electron chi connectivity index (χ3n) is 5.36. The van der Waals surface area contributed by atoms with E-state index in [9.17, 15) is 0 Å². The fourth-order valence-corrected chi connectivity index (χ4v) is 3.33. The molecule has 12 aromatic rings. The Bertz CT molecular complexity index is 1570. The molecule has 0 unspecified atom stereocenters. The second-order valence-electron chi connectivity index (χ2n) is 9.96. The number of pyridine rings is 1. The number of imidazole rings is 1. The summed E-state index contributed by atoms with van der Waals surface area (Å²) in [6.45, 7) is 0. The maximum Gasteiger partial charge on any atom is 0.180 e. The summed E-state index contributed by atoms with van der Waals surface area (Å²) in [4.78, 5) is 35.0. The minimum Gasteiger partial charge on any atom is -0.473 e. The highest BCUT2D eigenvalue weighted by Gasteiger charge is 1.64. The molecule has 20 heteroatoms. The van der Waals surface area contributed by atoms with E-state index in [0.717, 1.165) is 0 Å². The molecule has 0 aliphatic rings. The van der Waals surface area contributed by atoms with E-state index in [1.807, 2.05) is 120 Å². The maximum absolute atomic E-state index is 4.58. The Hall–Kier alpha value is -9.30. The lowest BCUT2D eigenvalue weighted by molar-refractivity contribution is 0.558. The number of aromatic amines is 5. The monoisotopic (exact) mass is 879 g/mol. The predicted molar refractivity (Wildman–Crippen MR) is 245 cm³/mol. The first-order valence-corrected chi connectivity index (χ1v) is 19.5. The molecule has 0 amide bonds. The predicted octanol–water partition coefficient (Wildman–Crippen LogP) is 8.87. The van der Waals surface area contributed by atoms with E-state index in [1.54, 1.807) is 129 Å². The molecule has 64 heavy (non-hydrogen) atoms. The summed E-state index contributed by atoms with van der Waals surface area (Å²) in [6.07, 6.45) is 41.1. The van der Waals surface area contributed by atoms with Crippen molar-refractivity contribution in [2.75, 3.05) is 0 Å². The highest BCUT2D eigenvalue weighted by Crippen LogP contribution is 1.91. The first kappa shape index (κ1) is 52.7. The Labute approximate surface area is 374 Å². The number of H-pyrrole nitrogens is 5. The van der Waals surface area contributed by atoms with Gasteiger partial charge < -0.3 is 18.8 Å². The number of hydrogen-bond donors (Lipinski definition) is 5. The number of thiophene rings is 1. The van der Waals surface area contributed by atoms with Crippen LogP contribution in [0.1, 0.15) is 0 Å². The van der Waals surface area contributed by atoms with Crippen LogP contribution in [0.4, 0.5) is 0 Å². The van der Waals surface area contributed by atoms with Gasteiger partial charge in [-0.05, 0) is 59.3 Å². The summed E-state index contributed by atoms with van der Waals surface area (Å²) in [5, 5.41) is 25.6. The van der Waals surface area contributed by atoms with E-state index in [-0.39, 0.29) is 0 Å². The van der Waals surface area contributed by atoms with Crippen LogP contribution in [0.2, 0.25) is 0 Å². The van der Waals surface area contributed by atoms with Gasteiger partial charge in [-0.1, -0.05) is 54.6 Å². The summed E-state index contributed by atoms with van der Waals surface area (Å²) in [5.74, 6) is 0. The molecular weight excluding hydrogens is 831 g/mol. The first-order valence-electron chi connectivity index (χ1n) is 18.5. The number of benzene rings is 1. The van der Waals surface area contributed by atoms with Crippen LogP contribution in [0.25, 0.3) is 0 Å². The largest absolute Gasteiger partial charge is 0.473 e. The molecule has 0 aliphatic heterocycles. The van der Waals surface area contributed by atoms with Gasteiger partial charge >= 0.3 is 0 Å². The summed E-state index contributed by atoms with van der Waals surface area (Å²) in [5.41, 5.74) is 0. The third kappa shape index (κ3) is 47.1. The van der Waals surface area contributed by atoms with E-state index in [0.29, 0.717) is 0 Å². The molecule has 12 rings (SSSR count). The number of nitrogens with one attached hydrogen (secondary N) is 5. The smallest absolute Gasteiger partial charge is 0.180 e. The average molecular weight is 880 g/mol. The molecule has 0 bridgehead atoms. The number of nitrogens with zero attached hydrogens (tertiary/aromatic N) is 12. The summed E-state index contributed by atoms with van der Waals surface area (Å²) < 4.78 is 9.06. The molecule has 1 aromatic carbocycles. The molecule has 0 saturated heterocycles. The second kappa shape index (κ2) is 49.8. The van der Waals surface area contributed by atoms with Crippen LogP contribution < -0.4 is 0 Å². The molecule has 0 saturated carbocycles. The van der Waals surface area contributed by atoms with E-state index in [2.05, 4.69) is 94.5 Å². The van der Waals surface area contributed by atoms with Gasteiger partial charge in [-0.15, -0.1) is 0 Å². The van der Waals surface area contributed by atoms with E-state index in [4.69, 9.17) is 0 Å². The van der Waals surface area contributed by atoms with Gasteiger partial charge in [-0.25, -0.2) is 24.9 Å². The van der Waals surface area contributed by atoms with Crippen molar-refractivity contribution in [3.63, 3.8) is 0 Å². The van der Waals surface area contributed by atoms with Crippen molar-refractivity contribution in [3.8, 4) is 0 Å². The van der Waals surface area contributed by atoms with Crippen molar-refractivity contribution in [2.24, 2.45) is 0 Å². The Balaban J connectivity index is 0.000000349. The molecule has 328 valence electrons. The van der Waals surface area contributed by atoms with Crippen LogP contribution in [0.15, 0.2) is 279 Å². The second-order valence-corrected chi connectivity index (χ2v) is 10.8. The topological polar surface area (TPSA) is 260 Å². The van der Waals surface area contributed by atoms with Gasteiger partial charge in [0.05, 0.1) is 37.4 Å². The molecular formula is C44H49N17O2S. The first-order chi connectivity index (χ1) is 32.0. The molecule has 11 heterocycles. The van der Waals surface area contributed by atoms with E-state index >= 15 is 0 Å². The Morgan fingerprint density at radius 3 is 1.12 bits per heavy atom. The van der Waals surface area contributed by atoms with Gasteiger partial charge in [-0.2, -0.15) is 36.9 Å². The fourth-order valence-electron chi connectivity index (χ4n) is 2.87. The van der Waals surface area contributed by atoms with Crippen LogP contribution in [0.3, 0.4) is 0 Å². The Kier molecular flexibility index (Phi) is 41.1. The molecule has 11 aromatic heterocycles. The minimum atomic E-state index is 1.38. The molecule has 0 spiro atoms. The minimum absolute atomic E-state index is 1.38. The molecule has 5 N–H and O–H groups in total. The lowest BCUT2D eigenvalue weighted by Crippen LogP contribution is -1.66. The highest BCUT2D eigenvalue weighted by atomic mass is 32.1. The third-order valence-corrected chi connectivity index (χ3v) is 5.99. The molecule has 0 aliphatic carbocycles. The van der Waals surface area contributed by atoms with Crippen molar-refractivity contribution in [1.82, 2.24) is 85.6 Å². The number of oxazole rings is 1. The van der Waals surface area contributed by atoms with Gasteiger partial charge in [0, 0.05) is 86.8 Å². The number of aromatic nitrogens is 17. The van der Waals surface area contributed by atoms with Crippen molar-refractivity contribution >= 4 is 11.3 Å². The summed E-state index contributed by atoms with van der Waals surface area (Å²) in [6, 6.07) is 32.9. The Morgan fingerprint density at radius 2 is 0.938 bits per heavy atom. The van der Waals surface area contributed by atoms with Gasteiger partial charge in [0.1, 0.15) is 25.2 Å². The van der Waals surface area contributed by atoms with Crippen LogP contribution in [0.5, 0.6) is 0 Å². The Morgan fingerprint density at radius 1 is 0.312 bits per heavy atom. The molecule has 0 radical (unpaired) electrons. The zero-order valence-corrected chi connectivity index (χ0v) is 35.3. The van der Waals surface area contributed by atoms with Crippen molar-refractivity contribution in [3.05, 3.63) is 270 Å². The van der Waals surface area contributed by atoms with Crippen LogP contribution in [-0.2, 0) is 0 Å². The van der Waals surface area contributed by atoms with Crippen molar-refractivity contribution < 1.29 is 8.83 Å². The van der Waals surface area contributed by atoms with Crippen LogP contribution in [-0.4, -0.2) is 85.6 Å². The SMILES string of the molecule is c1c[nH]cn1.c1cc[nH]c1.c1ccccc1.c1ccncc1.c1ccoc1.c1ccsc1.c1cn[nH]c1.c1cn[nH]n1.c1cnccn1.c1cncnc1.c1cocn1.c1nc[nH]n1. The lowest BCUT2D eigenvalue weighted by Gasteiger charge is -1.70.